The number of aliphatic carboxylic acids is 1. The standard InChI is InChI=1S/C17H24N2O5S/c1-25(23,24)15-9-10-19(12-15)17(22)18-14(7-8-16(20)21)11-13-5-3-2-4-6-13/h2-6,14-15H,7-12H2,1H3,(H,18,22)(H,20,21). The summed E-state index contributed by atoms with van der Waals surface area (Å²) in [7, 11) is -3.17. The Hall–Kier alpha value is -2.09. The summed E-state index contributed by atoms with van der Waals surface area (Å²) < 4.78 is 23.2. The largest absolute Gasteiger partial charge is 0.481 e. The second-order valence-corrected chi connectivity index (χ2v) is 8.78. The van der Waals surface area contributed by atoms with Gasteiger partial charge in [-0.3, -0.25) is 4.79 Å². The highest BCUT2D eigenvalue weighted by Crippen LogP contribution is 2.17. The number of rotatable bonds is 7. The van der Waals surface area contributed by atoms with Gasteiger partial charge in [0.25, 0.3) is 0 Å². The molecule has 0 saturated carbocycles. The van der Waals surface area contributed by atoms with Gasteiger partial charge in [0.05, 0.1) is 5.25 Å². The van der Waals surface area contributed by atoms with Gasteiger partial charge < -0.3 is 15.3 Å². The summed E-state index contributed by atoms with van der Waals surface area (Å²) in [5.41, 5.74) is 1.01. The van der Waals surface area contributed by atoms with E-state index in [-0.39, 0.29) is 25.0 Å². The molecule has 1 aromatic rings. The molecule has 7 nitrogen and oxygen atoms in total. The number of amides is 2. The van der Waals surface area contributed by atoms with Crippen LogP contribution in [0.2, 0.25) is 0 Å². The van der Waals surface area contributed by atoms with Crippen molar-refractivity contribution in [2.24, 2.45) is 0 Å². The van der Waals surface area contributed by atoms with Crippen molar-refractivity contribution in [3.63, 3.8) is 0 Å². The summed E-state index contributed by atoms with van der Waals surface area (Å²) in [6.07, 6.45) is 2.43. The minimum Gasteiger partial charge on any atom is -0.481 e. The fraction of sp³-hybridized carbons (Fsp3) is 0.529. The van der Waals surface area contributed by atoms with Crippen LogP contribution in [0.3, 0.4) is 0 Å². The highest BCUT2D eigenvalue weighted by atomic mass is 32.2. The Morgan fingerprint density at radius 1 is 1.32 bits per heavy atom. The van der Waals surface area contributed by atoms with Crippen molar-refractivity contribution < 1.29 is 23.1 Å². The third-order valence-corrected chi connectivity index (χ3v) is 5.99. The van der Waals surface area contributed by atoms with Crippen LogP contribution in [-0.4, -0.2) is 61.1 Å². The monoisotopic (exact) mass is 368 g/mol. The van der Waals surface area contributed by atoms with Gasteiger partial charge in [0.15, 0.2) is 9.84 Å². The fourth-order valence-electron chi connectivity index (χ4n) is 2.95. The van der Waals surface area contributed by atoms with Gasteiger partial charge >= 0.3 is 12.0 Å². The number of hydrogen-bond donors (Lipinski definition) is 2. The van der Waals surface area contributed by atoms with Gasteiger partial charge in [0.1, 0.15) is 0 Å². The number of carbonyl (C=O) groups is 2. The number of nitrogens with zero attached hydrogens (tertiary/aromatic N) is 1. The Bertz CT molecular complexity index is 705. The smallest absolute Gasteiger partial charge is 0.317 e. The second kappa shape index (κ2) is 8.33. The number of likely N-dealkylation sites (tertiary alicyclic amines) is 1. The zero-order valence-electron chi connectivity index (χ0n) is 14.2. The highest BCUT2D eigenvalue weighted by Gasteiger charge is 2.33. The van der Waals surface area contributed by atoms with Crippen LogP contribution < -0.4 is 5.32 Å². The molecule has 2 rings (SSSR count). The molecule has 25 heavy (non-hydrogen) atoms. The maximum absolute atomic E-state index is 12.4. The van der Waals surface area contributed by atoms with Gasteiger partial charge in [-0.1, -0.05) is 30.3 Å². The molecule has 1 fully saturated rings. The van der Waals surface area contributed by atoms with Crippen molar-refractivity contribution >= 4 is 21.8 Å². The summed E-state index contributed by atoms with van der Waals surface area (Å²) in [4.78, 5) is 24.8. The van der Waals surface area contributed by atoms with E-state index >= 15 is 0 Å². The molecule has 1 aliphatic heterocycles. The predicted octanol–water partition coefficient (Wildman–Crippen LogP) is 1.29. The Balaban J connectivity index is 1.98. The van der Waals surface area contributed by atoms with Crippen LogP contribution in [-0.2, 0) is 21.1 Å². The molecule has 1 aromatic carbocycles. The number of urea groups is 1. The van der Waals surface area contributed by atoms with E-state index in [1.807, 2.05) is 30.3 Å². The van der Waals surface area contributed by atoms with Crippen LogP contribution in [0.5, 0.6) is 0 Å². The van der Waals surface area contributed by atoms with Crippen LogP contribution >= 0.6 is 0 Å². The molecule has 2 amide bonds. The molecule has 8 heteroatoms. The van der Waals surface area contributed by atoms with Gasteiger partial charge in [0, 0.05) is 31.8 Å². The van der Waals surface area contributed by atoms with Crippen molar-refractivity contribution in [3.8, 4) is 0 Å². The minimum absolute atomic E-state index is 0.0380. The van der Waals surface area contributed by atoms with Crippen LogP contribution in [0.25, 0.3) is 0 Å². The van der Waals surface area contributed by atoms with Crippen molar-refractivity contribution in [3.05, 3.63) is 35.9 Å². The molecule has 2 N–H and O–H groups in total. The summed E-state index contributed by atoms with van der Waals surface area (Å²) in [5, 5.41) is 11.2. The molecular weight excluding hydrogens is 344 g/mol. The van der Waals surface area contributed by atoms with E-state index in [0.29, 0.717) is 25.8 Å². The normalized spacial score (nSPS) is 18.8. The van der Waals surface area contributed by atoms with Crippen LogP contribution in [0.15, 0.2) is 30.3 Å². The number of nitrogens with one attached hydrogen (secondary N) is 1. The maximum Gasteiger partial charge on any atom is 0.317 e. The van der Waals surface area contributed by atoms with E-state index in [0.717, 1.165) is 5.56 Å². The number of sulfone groups is 1. The average molecular weight is 368 g/mol. The molecule has 0 aliphatic carbocycles. The summed E-state index contributed by atoms with van der Waals surface area (Å²) in [5.74, 6) is -0.911. The molecule has 1 saturated heterocycles. The topological polar surface area (TPSA) is 104 Å². The number of carbonyl (C=O) groups excluding carboxylic acids is 1. The SMILES string of the molecule is CS(=O)(=O)C1CCN(C(=O)NC(CCC(=O)O)Cc2ccccc2)C1. The highest BCUT2D eigenvalue weighted by molar-refractivity contribution is 7.91. The van der Waals surface area contributed by atoms with Crippen molar-refractivity contribution in [2.45, 2.75) is 37.0 Å². The lowest BCUT2D eigenvalue weighted by atomic mass is 10.0. The van der Waals surface area contributed by atoms with E-state index in [1.165, 1.54) is 11.2 Å². The second-order valence-electron chi connectivity index (χ2n) is 6.45. The van der Waals surface area contributed by atoms with E-state index in [1.54, 1.807) is 0 Å². The van der Waals surface area contributed by atoms with Crippen LogP contribution in [0, 0.1) is 0 Å². The van der Waals surface area contributed by atoms with Gasteiger partial charge in [0.2, 0.25) is 0 Å². The third-order valence-electron chi connectivity index (χ3n) is 4.40. The van der Waals surface area contributed by atoms with Crippen LogP contribution in [0.4, 0.5) is 4.79 Å². The van der Waals surface area contributed by atoms with Crippen molar-refractivity contribution in [2.75, 3.05) is 19.3 Å². The lowest BCUT2D eigenvalue weighted by molar-refractivity contribution is -0.137. The molecule has 2 unspecified atom stereocenters. The molecule has 0 aromatic heterocycles. The number of benzene rings is 1. The molecule has 2 atom stereocenters. The maximum atomic E-state index is 12.4. The first-order valence-electron chi connectivity index (χ1n) is 8.25. The summed E-state index contributed by atoms with van der Waals surface area (Å²) in [6.45, 7) is 0.572. The van der Waals surface area contributed by atoms with E-state index < -0.39 is 21.1 Å². The number of hydrogen-bond acceptors (Lipinski definition) is 4. The van der Waals surface area contributed by atoms with Gasteiger partial charge in [-0.25, -0.2) is 13.2 Å². The van der Waals surface area contributed by atoms with Gasteiger partial charge in [-0.05, 0) is 24.8 Å². The Kier molecular flexibility index (Phi) is 6.41. The van der Waals surface area contributed by atoms with Gasteiger partial charge in [-0.2, -0.15) is 0 Å². The molecule has 0 radical (unpaired) electrons. The zero-order chi connectivity index (χ0) is 18.4. The lowest BCUT2D eigenvalue weighted by Crippen LogP contribution is -2.45. The number of carboxylic acid groups (broad SMARTS) is 1. The third kappa shape index (κ3) is 6.04. The lowest BCUT2D eigenvalue weighted by Gasteiger charge is -2.23. The molecule has 0 spiro atoms. The van der Waals surface area contributed by atoms with E-state index in [2.05, 4.69) is 5.32 Å². The first-order chi connectivity index (χ1) is 11.8. The Morgan fingerprint density at radius 2 is 2.00 bits per heavy atom. The zero-order valence-corrected chi connectivity index (χ0v) is 15.0. The van der Waals surface area contributed by atoms with Crippen molar-refractivity contribution in [1.29, 1.82) is 0 Å². The van der Waals surface area contributed by atoms with Crippen LogP contribution in [0.1, 0.15) is 24.8 Å². The van der Waals surface area contributed by atoms with E-state index in [9.17, 15) is 18.0 Å². The fourth-order valence-corrected chi connectivity index (χ4v) is 3.93. The van der Waals surface area contributed by atoms with Crippen molar-refractivity contribution in [1.82, 2.24) is 10.2 Å². The summed E-state index contributed by atoms with van der Waals surface area (Å²) in [6, 6.07) is 8.88. The molecule has 0 bridgehead atoms. The van der Waals surface area contributed by atoms with Gasteiger partial charge in [-0.15, -0.1) is 0 Å². The number of carboxylic acids is 1. The Labute approximate surface area is 147 Å². The molecule has 138 valence electrons. The molecular formula is C17H24N2O5S. The molecule has 1 heterocycles. The molecule has 1 aliphatic rings. The average Bonchev–Trinajstić information content (AvgIpc) is 3.04. The van der Waals surface area contributed by atoms with E-state index in [4.69, 9.17) is 5.11 Å². The first-order valence-corrected chi connectivity index (χ1v) is 10.2. The quantitative estimate of drug-likeness (QED) is 0.755. The first kappa shape index (κ1) is 19.2. The summed E-state index contributed by atoms with van der Waals surface area (Å²) >= 11 is 0. The predicted molar refractivity (Wildman–Crippen MR) is 94.2 cm³/mol. The minimum atomic E-state index is -3.17. The Morgan fingerprint density at radius 3 is 2.56 bits per heavy atom.